The SMILES string of the molecule is COC(=O)[C@@]1(C)CCC[C@]2(C)c3cc(OC)c(C(C)C)cc3CC[C@@H]12. The van der Waals surface area contributed by atoms with Gasteiger partial charge in [-0.05, 0) is 72.6 Å². The highest BCUT2D eigenvalue weighted by Gasteiger charge is 2.55. The lowest BCUT2D eigenvalue weighted by atomic mass is 9.49. The molecule has 2 aliphatic rings. The van der Waals surface area contributed by atoms with E-state index in [0.717, 1.165) is 37.9 Å². The zero-order chi connectivity index (χ0) is 18.4. The van der Waals surface area contributed by atoms with Crippen LogP contribution in [0.4, 0.5) is 0 Å². The standard InChI is InChI=1S/C22H32O3/c1-14(2)16-12-15-8-9-19-21(3,17(15)13-18(16)24-5)10-7-11-22(19,4)20(23)25-6/h12-14,19H,7-11H2,1-6H3/t19-,21-,22+/m1/s1. The molecule has 3 nitrogen and oxygen atoms in total. The predicted octanol–water partition coefficient (Wildman–Crippen LogP) is 5.00. The summed E-state index contributed by atoms with van der Waals surface area (Å²) >= 11 is 0. The van der Waals surface area contributed by atoms with E-state index in [1.165, 1.54) is 23.8 Å². The number of aryl methyl sites for hydroxylation is 1. The molecule has 0 bridgehead atoms. The number of carbonyl (C=O) groups excluding carboxylic acids is 1. The quantitative estimate of drug-likeness (QED) is 0.724. The Hall–Kier alpha value is -1.51. The van der Waals surface area contributed by atoms with Crippen molar-refractivity contribution in [2.75, 3.05) is 14.2 Å². The topological polar surface area (TPSA) is 35.5 Å². The van der Waals surface area contributed by atoms with E-state index in [1.54, 1.807) is 7.11 Å². The van der Waals surface area contributed by atoms with Gasteiger partial charge in [0.1, 0.15) is 5.75 Å². The van der Waals surface area contributed by atoms with E-state index in [4.69, 9.17) is 9.47 Å². The summed E-state index contributed by atoms with van der Waals surface area (Å²) in [7, 11) is 3.28. The number of methoxy groups -OCH3 is 2. The highest BCUT2D eigenvalue weighted by atomic mass is 16.5. The molecule has 0 aromatic heterocycles. The van der Waals surface area contributed by atoms with E-state index in [9.17, 15) is 4.79 Å². The normalized spacial score (nSPS) is 31.2. The molecule has 1 fully saturated rings. The van der Waals surface area contributed by atoms with E-state index in [2.05, 4.69) is 39.8 Å². The van der Waals surface area contributed by atoms with E-state index in [-0.39, 0.29) is 16.8 Å². The van der Waals surface area contributed by atoms with Gasteiger partial charge in [0.05, 0.1) is 19.6 Å². The molecule has 0 N–H and O–H groups in total. The summed E-state index contributed by atoms with van der Waals surface area (Å²) in [5.74, 6) is 1.71. The second-order valence-corrected chi connectivity index (χ2v) is 8.68. The minimum absolute atomic E-state index is 0.0115. The molecule has 2 aliphatic carbocycles. The molecule has 0 aliphatic heterocycles. The molecule has 1 aromatic carbocycles. The summed E-state index contributed by atoms with van der Waals surface area (Å²) in [6.45, 7) is 8.90. The number of carbonyl (C=O) groups is 1. The van der Waals surface area contributed by atoms with Crippen LogP contribution in [0.1, 0.15) is 76.0 Å². The number of rotatable bonds is 3. The Kier molecular flexibility index (Phi) is 4.63. The summed E-state index contributed by atoms with van der Waals surface area (Å²) in [4.78, 5) is 12.6. The van der Waals surface area contributed by atoms with Crippen molar-refractivity contribution in [3.63, 3.8) is 0 Å². The van der Waals surface area contributed by atoms with E-state index < -0.39 is 0 Å². The molecule has 0 heterocycles. The molecule has 0 radical (unpaired) electrons. The van der Waals surface area contributed by atoms with Crippen LogP contribution in [0.3, 0.4) is 0 Å². The maximum Gasteiger partial charge on any atom is 0.311 e. The van der Waals surface area contributed by atoms with Gasteiger partial charge in [-0.2, -0.15) is 0 Å². The third kappa shape index (κ3) is 2.67. The number of hydrogen-bond donors (Lipinski definition) is 0. The highest BCUT2D eigenvalue weighted by molar-refractivity contribution is 5.77. The van der Waals surface area contributed by atoms with Gasteiger partial charge in [0.2, 0.25) is 0 Å². The smallest absolute Gasteiger partial charge is 0.311 e. The fourth-order valence-corrected chi connectivity index (χ4v) is 5.62. The molecular formula is C22H32O3. The van der Waals surface area contributed by atoms with Crippen LogP contribution < -0.4 is 4.74 Å². The fourth-order valence-electron chi connectivity index (χ4n) is 5.62. The number of benzene rings is 1. The number of hydrogen-bond acceptors (Lipinski definition) is 3. The van der Waals surface area contributed by atoms with Crippen LogP contribution in [-0.4, -0.2) is 20.2 Å². The first-order valence-corrected chi connectivity index (χ1v) is 9.57. The molecule has 3 heteroatoms. The van der Waals surface area contributed by atoms with Crippen LogP contribution in [-0.2, 0) is 21.4 Å². The summed E-state index contributed by atoms with van der Waals surface area (Å²) in [5, 5.41) is 0. The van der Waals surface area contributed by atoms with Crippen LogP contribution in [0.25, 0.3) is 0 Å². The lowest BCUT2D eigenvalue weighted by Gasteiger charge is -2.54. The maximum atomic E-state index is 12.6. The monoisotopic (exact) mass is 344 g/mol. The Bertz CT molecular complexity index is 678. The Morgan fingerprint density at radius 2 is 1.92 bits per heavy atom. The first-order valence-electron chi connectivity index (χ1n) is 9.57. The minimum Gasteiger partial charge on any atom is -0.496 e. The molecule has 138 valence electrons. The van der Waals surface area contributed by atoms with Crippen molar-refractivity contribution in [1.82, 2.24) is 0 Å². The molecule has 3 rings (SSSR count). The maximum absolute atomic E-state index is 12.6. The molecule has 3 atom stereocenters. The number of ether oxygens (including phenoxy) is 2. The van der Waals surface area contributed by atoms with Crippen LogP contribution in [0.2, 0.25) is 0 Å². The van der Waals surface area contributed by atoms with Crippen LogP contribution >= 0.6 is 0 Å². The van der Waals surface area contributed by atoms with Gasteiger partial charge in [-0.3, -0.25) is 4.79 Å². The molecular weight excluding hydrogens is 312 g/mol. The van der Waals surface area contributed by atoms with Gasteiger partial charge < -0.3 is 9.47 Å². The molecule has 0 unspecified atom stereocenters. The summed E-state index contributed by atoms with van der Waals surface area (Å²) in [6, 6.07) is 4.62. The largest absolute Gasteiger partial charge is 0.496 e. The Morgan fingerprint density at radius 3 is 2.52 bits per heavy atom. The van der Waals surface area contributed by atoms with Crippen LogP contribution in [0.15, 0.2) is 12.1 Å². The van der Waals surface area contributed by atoms with Crippen molar-refractivity contribution in [2.24, 2.45) is 11.3 Å². The third-order valence-corrected chi connectivity index (χ3v) is 6.98. The molecule has 1 aromatic rings. The summed E-state index contributed by atoms with van der Waals surface area (Å²) in [5.41, 5.74) is 3.74. The van der Waals surface area contributed by atoms with Gasteiger partial charge in [0.15, 0.2) is 0 Å². The fraction of sp³-hybridized carbons (Fsp3) is 0.682. The zero-order valence-corrected chi connectivity index (χ0v) is 16.6. The second kappa shape index (κ2) is 6.34. The van der Waals surface area contributed by atoms with Gasteiger partial charge in [-0.1, -0.05) is 33.3 Å². The van der Waals surface area contributed by atoms with Crippen molar-refractivity contribution >= 4 is 5.97 Å². The lowest BCUT2D eigenvalue weighted by Crippen LogP contribution is -2.52. The van der Waals surface area contributed by atoms with Gasteiger partial charge in [0, 0.05) is 0 Å². The van der Waals surface area contributed by atoms with Gasteiger partial charge in [-0.25, -0.2) is 0 Å². The molecule has 0 spiro atoms. The van der Waals surface area contributed by atoms with Gasteiger partial charge in [-0.15, -0.1) is 0 Å². The average Bonchev–Trinajstić information content (AvgIpc) is 2.59. The van der Waals surface area contributed by atoms with Gasteiger partial charge in [0.25, 0.3) is 0 Å². The van der Waals surface area contributed by atoms with E-state index >= 15 is 0 Å². The van der Waals surface area contributed by atoms with Gasteiger partial charge >= 0.3 is 5.97 Å². The Morgan fingerprint density at radius 1 is 1.20 bits per heavy atom. The lowest BCUT2D eigenvalue weighted by molar-refractivity contribution is -0.161. The first-order chi connectivity index (χ1) is 11.8. The predicted molar refractivity (Wildman–Crippen MR) is 100 cm³/mol. The molecule has 0 saturated heterocycles. The number of esters is 1. The van der Waals surface area contributed by atoms with Crippen molar-refractivity contribution < 1.29 is 14.3 Å². The van der Waals surface area contributed by atoms with Crippen molar-refractivity contribution in [3.05, 3.63) is 28.8 Å². The highest BCUT2D eigenvalue weighted by Crippen LogP contribution is 2.58. The Labute approximate surface area is 152 Å². The summed E-state index contributed by atoms with van der Waals surface area (Å²) in [6.07, 6.45) is 5.20. The van der Waals surface area contributed by atoms with E-state index in [0.29, 0.717) is 11.8 Å². The van der Waals surface area contributed by atoms with Crippen molar-refractivity contribution in [2.45, 2.75) is 71.1 Å². The minimum atomic E-state index is -0.386. The van der Waals surface area contributed by atoms with Crippen LogP contribution in [0.5, 0.6) is 5.75 Å². The second-order valence-electron chi connectivity index (χ2n) is 8.68. The third-order valence-electron chi connectivity index (χ3n) is 6.98. The molecule has 1 saturated carbocycles. The first kappa shape index (κ1) is 18.3. The Balaban J connectivity index is 2.12. The van der Waals surface area contributed by atoms with Crippen molar-refractivity contribution in [1.29, 1.82) is 0 Å². The van der Waals surface area contributed by atoms with Crippen molar-refractivity contribution in [3.8, 4) is 5.75 Å². The molecule has 0 amide bonds. The van der Waals surface area contributed by atoms with E-state index in [1.807, 2.05) is 0 Å². The zero-order valence-electron chi connectivity index (χ0n) is 16.6. The van der Waals surface area contributed by atoms with Crippen LogP contribution in [0, 0.1) is 11.3 Å². The molecule has 25 heavy (non-hydrogen) atoms. The number of fused-ring (bicyclic) bond motifs is 3. The average molecular weight is 344 g/mol. The summed E-state index contributed by atoms with van der Waals surface area (Å²) < 4.78 is 10.9.